The van der Waals surface area contributed by atoms with E-state index >= 15 is 0 Å². The molecule has 1 aromatic carbocycles. The van der Waals surface area contributed by atoms with Crippen LogP contribution >= 0.6 is 0 Å². The molecule has 3 rings (SSSR count). The number of anilines is 1. The van der Waals surface area contributed by atoms with Crippen molar-refractivity contribution in [2.75, 3.05) is 38.8 Å². The van der Waals surface area contributed by atoms with Gasteiger partial charge < -0.3 is 29.3 Å². The van der Waals surface area contributed by atoms with Crippen LogP contribution in [0.25, 0.3) is 0 Å². The van der Waals surface area contributed by atoms with Crippen LogP contribution in [0.15, 0.2) is 18.2 Å². The van der Waals surface area contributed by atoms with E-state index in [2.05, 4.69) is 5.32 Å². The van der Waals surface area contributed by atoms with Crippen molar-refractivity contribution in [3.05, 3.63) is 18.2 Å². The van der Waals surface area contributed by atoms with Crippen LogP contribution in [0.2, 0.25) is 0 Å². The molecule has 2 heterocycles. The summed E-state index contributed by atoms with van der Waals surface area (Å²) in [5.41, 5.74) is 0.725. The van der Waals surface area contributed by atoms with E-state index in [0.717, 1.165) is 5.69 Å². The second-order valence-electron chi connectivity index (χ2n) is 7.06. The Morgan fingerprint density at radius 1 is 1.11 bits per heavy atom. The summed E-state index contributed by atoms with van der Waals surface area (Å²) in [5, 5.41) is 2.98. The van der Waals surface area contributed by atoms with Crippen LogP contribution in [0.4, 0.5) is 10.5 Å². The first-order valence-corrected chi connectivity index (χ1v) is 9.14. The number of carbonyl (C=O) groups is 2. The normalized spacial score (nSPS) is 25.5. The van der Waals surface area contributed by atoms with Crippen molar-refractivity contribution in [3.63, 3.8) is 0 Å². The molecule has 3 amide bonds. The van der Waals surface area contributed by atoms with Gasteiger partial charge in [0.05, 0.1) is 32.5 Å². The third-order valence-electron chi connectivity index (χ3n) is 4.84. The number of ether oxygens (including phenoxy) is 3. The summed E-state index contributed by atoms with van der Waals surface area (Å²) in [5.74, 6) is 1.14. The lowest BCUT2D eigenvalue weighted by atomic mass is 10.2. The van der Waals surface area contributed by atoms with Gasteiger partial charge in [0.1, 0.15) is 0 Å². The molecular formula is C19H27N3O5. The van der Waals surface area contributed by atoms with E-state index in [9.17, 15) is 9.59 Å². The predicted octanol–water partition coefficient (Wildman–Crippen LogP) is 1.63. The maximum absolute atomic E-state index is 12.6. The van der Waals surface area contributed by atoms with E-state index in [1.54, 1.807) is 36.2 Å². The molecular weight excluding hydrogens is 350 g/mol. The van der Waals surface area contributed by atoms with Gasteiger partial charge in [-0.05, 0) is 26.0 Å². The zero-order valence-electron chi connectivity index (χ0n) is 16.2. The van der Waals surface area contributed by atoms with Crippen LogP contribution in [-0.4, -0.2) is 68.9 Å². The van der Waals surface area contributed by atoms with Gasteiger partial charge in [0.25, 0.3) is 0 Å². The van der Waals surface area contributed by atoms with Crippen LogP contribution in [-0.2, 0) is 9.53 Å². The second kappa shape index (κ2) is 8.04. The van der Waals surface area contributed by atoms with Gasteiger partial charge in [0, 0.05) is 37.8 Å². The fourth-order valence-corrected chi connectivity index (χ4v) is 3.66. The van der Waals surface area contributed by atoms with Gasteiger partial charge in [0.15, 0.2) is 11.5 Å². The lowest BCUT2D eigenvalue weighted by molar-refractivity contribution is -0.117. The summed E-state index contributed by atoms with van der Waals surface area (Å²) in [6, 6.07) is 4.97. The minimum Gasteiger partial charge on any atom is -0.493 e. The predicted molar refractivity (Wildman–Crippen MR) is 100 cm³/mol. The van der Waals surface area contributed by atoms with Crippen molar-refractivity contribution < 1.29 is 23.8 Å². The van der Waals surface area contributed by atoms with Crippen LogP contribution in [0.5, 0.6) is 11.5 Å². The number of rotatable bonds is 4. The second-order valence-corrected chi connectivity index (χ2v) is 7.06. The lowest BCUT2D eigenvalue weighted by Gasteiger charge is -2.35. The molecule has 0 bridgehead atoms. The molecule has 2 fully saturated rings. The van der Waals surface area contributed by atoms with Gasteiger partial charge in [-0.1, -0.05) is 0 Å². The van der Waals surface area contributed by atoms with Gasteiger partial charge in [0.2, 0.25) is 5.91 Å². The number of methoxy groups -OCH3 is 2. The first-order valence-electron chi connectivity index (χ1n) is 9.14. The average molecular weight is 377 g/mol. The number of hydrogen-bond acceptors (Lipinski definition) is 5. The summed E-state index contributed by atoms with van der Waals surface area (Å²) in [7, 11) is 3.12. The largest absolute Gasteiger partial charge is 0.493 e. The number of urea groups is 1. The van der Waals surface area contributed by atoms with Gasteiger partial charge in [-0.15, -0.1) is 0 Å². The third kappa shape index (κ3) is 4.27. The minimum atomic E-state index is -0.230. The van der Waals surface area contributed by atoms with Crippen LogP contribution < -0.4 is 19.7 Å². The summed E-state index contributed by atoms with van der Waals surface area (Å²) in [4.78, 5) is 28.5. The van der Waals surface area contributed by atoms with E-state index in [0.29, 0.717) is 31.1 Å². The maximum Gasteiger partial charge on any atom is 0.317 e. The molecule has 148 valence electrons. The Morgan fingerprint density at radius 2 is 1.78 bits per heavy atom. The van der Waals surface area contributed by atoms with Gasteiger partial charge in [-0.2, -0.15) is 0 Å². The summed E-state index contributed by atoms with van der Waals surface area (Å²) >= 11 is 0. The first-order chi connectivity index (χ1) is 12.9. The Bertz CT molecular complexity index is 701. The van der Waals surface area contributed by atoms with Crippen molar-refractivity contribution in [2.24, 2.45) is 0 Å². The van der Waals surface area contributed by atoms with Gasteiger partial charge >= 0.3 is 6.03 Å². The molecule has 0 saturated carbocycles. The molecule has 0 radical (unpaired) electrons. The lowest BCUT2D eigenvalue weighted by Crippen LogP contribution is -2.53. The Balaban J connectivity index is 1.64. The Hall–Kier alpha value is -2.48. The highest BCUT2D eigenvalue weighted by atomic mass is 16.5. The number of nitrogens with one attached hydrogen (secondary N) is 1. The summed E-state index contributed by atoms with van der Waals surface area (Å²) < 4.78 is 16.2. The number of amides is 3. The van der Waals surface area contributed by atoms with Crippen LogP contribution in [0, 0.1) is 0 Å². The van der Waals surface area contributed by atoms with Gasteiger partial charge in [-0.25, -0.2) is 4.79 Å². The standard InChI is InChI=1S/C19H27N3O5/c1-12-9-21(10-13(2)27-12)19(24)20-14-7-18(23)22(11-14)15-5-6-16(25-3)17(8-15)26-4/h5-6,8,12-14H,7,9-11H2,1-4H3,(H,20,24)/t12-,13+,14-/m1/s1. The SMILES string of the molecule is COc1ccc(N2C[C@H](NC(=O)N3C[C@@H](C)O[C@@H](C)C3)CC2=O)cc1OC. The molecule has 1 N–H and O–H groups in total. The van der Waals surface area contributed by atoms with Crippen molar-refractivity contribution in [2.45, 2.75) is 38.5 Å². The smallest absolute Gasteiger partial charge is 0.317 e. The van der Waals surface area contributed by atoms with E-state index in [1.807, 2.05) is 19.9 Å². The minimum absolute atomic E-state index is 0.00738. The van der Waals surface area contributed by atoms with Crippen molar-refractivity contribution >= 4 is 17.6 Å². The maximum atomic E-state index is 12.6. The molecule has 8 nitrogen and oxygen atoms in total. The fourth-order valence-electron chi connectivity index (χ4n) is 3.66. The number of morpholine rings is 1. The molecule has 2 aliphatic heterocycles. The van der Waals surface area contributed by atoms with Crippen molar-refractivity contribution in [3.8, 4) is 11.5 Å². The molecule has 27 heavy (non-hydrogen) atoms. The van der Waals surface area contributed by atoms with E-state index in [4.69, 9.17) is 14.2 Å². The zero-order valence-corrected chi connectivity index (χ0v) is 16.2. The highest BCUT2D eigenvalue weighted by molar-refractivity contribution is 5.97. The molecule has 2 aliphatic rings. The van der Waals surface area contributed by atoms with Crippen LogP contribution in [0.1, 0.15) is 20.3 Å². The highest BCUT2D eigenvalue weighted by Gasteiger charge is 2.34. The third-order valence-corrected chi connectivity index (χ3v) is 4.84. The highest BCUT2D eigenvalue weighted by Crippen LogP contribution is 2.33. The molecule has 3 atom stereocenters. The fraction of sp³-hybridized carbons (Fsp3) is 0.579. The molecule has 0 aliphatic carbocycles. The molecule has 0 unspecified atom stereocenters. The van der Waals surface area contributed by atoms with Gasteiger partial charge in [-0.3, -0.25) is 4.79 Å². The summed E-state index contributed by atoms with van der Waals surface area (Å²) in [6.07, 6.45) is 0.288. The number of hydrogen-bond donors (Lipinski definition) is 1. The Kier molecular flexibility index (Phi) is 5.74. The summed E-state index contributed by atoms with van der Waals surface area (Å²) in [6.45, 7) is 5.43. The zero-order chi connectivity index (χ0) is 19.6. The number of nitrogens with zero attached hydrogens (tertiary/aromatic N) is 2. The molecule has 8 heteroatoms. The molecule has 0 aromatic heterocycles. The molecule has 2 saturated heterocycles. The molecule has 0 spiro atoms. The van der Waals surface area contributed by atoms with Crippen LogP contribution in [0.3, 0.4) is 0 Å². The topological polar surface area (TPSA) is 80.3 Å². The van der Waals surface area contributed by atoms with E-state index < -0.39 is 0 Å². The number of benzene rings is 1. The Labute approximate surface area is 159 Å². The first kappa shape index (κ1) is 19.3. The van der Waals surface area contributed by atoms with Crippen molar-refractivity contribution in [1.82, 2.24) is 10.2 Å². The average Bonchev–Trinajstić information content (AvgIpc) is 3.00. The quantitative estimate of drug-likeness (QED) is 0.863. The van der Waals surface area contributed by atoms with E-state index in [1.165, 1.54) is 0 Å². The number of carbonyl (C=O) groups excluding carboxylic acids is 2. The molecule has 1 aromatic rings. The Morgan fingerprint density at radius 3 is 2.41 bits per heavy atom. The van der Waals surface area contributed by atoms with E-state index in [-0.39, 0.29) is 36.6 Å². The van der Waals surface area contributed by atoms with Crippen molar-refractivity contribution in [1.29, 1.82) is 0 Å². The monoisotopic (exact) mass is 377 g/mol.